The van der Waals surface area contributed by atoms with Gasteiger partial charge < -0.3 is 19.0 Å². The lowest BCUT2D eigenvalue weighted by Crippen LogP contribution is -2.33. The molecule has 0 radical (unpaired) electrons. The topological polar surface area (TPSA) is 68.9 Å². The van der Waals surface area contributed by atoms with Gasteiger partial charge in [-0.15, -0.1) is 0 Å². The third-order valence-electron chi connectivity index (χ3n) is 6.77. The molecule has 1 N–H and O–H groups in total. The minimum absolute atomic E-state index is 0.00833. The quantitative estimate of drug-likeness (QED) is 0.688. The molecule has 0 bridgehead atoms. The van der Waals surface area contributed by atoms with Crippen LogP contribution >= 0.6 is 0 Å². The lowest BCUT2D eigenvalue weighted by molar-refractivity contribution is -0.146. The zero-order valence-electron chi connectivity index (χ0n) is 17.8. The maximum absolute atomic E-state index is 13.5. The molecule has 1 aliphatic heterocycles. The van der Waals surface area contributed by atoms with Crippen LogP contribution < -0.4 is 5.43 Å². The molecule has 5 rings (SSSR count). The third kappa shape index (κ3) is 4.35. The molecular weight excluding hydrogens is 392 g/mol. The van der Waals surface area contributed by atoms with Crippen molar-refractivity contribution in [1.82, 2.24) is 0 Å². The van der Waals surface area contributed by atoms with Crippen LogP contribution in [0.2, 0.25) is 0 Å². The first-order chi connectivity index (χ1) is 15.2. The minimum atomic E-state index is -0.408. The van der Waals surface area contributed by atoms with E-state index in [9.17, 15) is 9.90 Å². The van der Waals surface area contributed by atoms with Crippen molar-refractivity contribution in [3.8, 4) is 5.75 Å². The number of allylic oxidation sites excluding steroid dienone is 3. The molecule has 2 atom stereocenters. The molecule has 2 fully saturated rings. The van der Waals surface area contributed by atoms with Gasteiger partial charge in [-0.3, -0.25) is 4.79 Å². The molecular formula is C26H30O5. The number of hydrogen-bond donors (Lipinski definition) is 1. The first-order valence-corrected chi connectivity index (χ1v) is 11.6. The van der Waals surface area contributed by atoms with E-state index in [0.29, 0.717) is 29.9 Å². The van der Waals surface area contributed by atoms with Crippen LogP contribution in [0.15, 0.2) is 51.2 Å². The Morgan fingerprint density at radius 3 is 2.77 bits per heavy atom. The summed E-state index contributed by atoms with van der Waals surface area (Å²) >= 11 is 0. The van der Waals surface area contributed by atoms with Crippen molar-refractivity contribution in [2.24, 2.45) is 0 Å². The van der Waals surface area contributed by atoms with E-state index in [1.165, 1.54) is 18.1 Å². The molecule has 2 aliphatic carbocycles. The number of ether oxygens (including phenoxy) is 2. The molecule has 5 nitrogen and oxygen atoms in total. The van der Waals surface area contributed by atoms with Crippen molar-refractivity contribution in [2.45, 2.75) is 69.5 Å². The van der Waals surface area contributed by atoms with Gasteiger partial charge in [0.1, 0.15) is 23.2 Å². The molecule has 2 heterocycles. The predicted octanol–water partition coefficient (Wildman–Crippen LogP) is 5.67. The highest BCUT2D eigenvalue weighted by atomic mass is 16.6. The molecule has 0 amide bonds. The molecule has 0 spiro atoms. The lowest BCUT2D eigenvalue weighted by atomic mass is 9.82. The maximum Gasteiger partial charge on any atom is 0.196 e. The highest BCUT2D eigenvalue weighted by Crippen LogP contribution is 2.39. The van der Waals surface area contributed by atoms with Crippen molar-refractivity contribution in [1.29, 1.82) is 0 Å². The number of benzene rings is 1. The summed E-state index contributed by atoms with van der Waals surface area (Å²) in [7, 11) is 0. The second-order valence-corrected chi connectivity index (χ2v) is 9.00. The van der Waals surface area contributed by atoms with Crippen molar-refractivity contribution in [3.63, 3.8) is 0 Å². The fourth-order valence-corrected chi connectivity index (χ4v) is 5.21. The van der Waals surface area contributed by atoms with Gasteiger partial charge in [-0.05, 0) is 50.2 Å². The van der Waals surface area contributed by atoms with Crippen LogP contribution in [-0.4, -0.2) is 24.4 Å². The fourth-order valence-electron chi connectivity index (χ4n) is 5.21. The van der Waals surface area contributed by atoms with Crippen molar-refractivity contribution in [3.05, 3.63) is 63.5 Å². The van der Waals surface area contributed by atoms with Gasteiger partial charge in [0.05, 0.1) is 24.7 Å². The van der Waals surface area contributed by atoms with E-state index in [4.69, 9.17) is 13.9 Å². The van der Waals surface area contributed by atoms with Gasteiger partial charge in [0.25, 0.3) is 0 Å². The summed E-state index contributed by atoms with van der Waals surface area (Å²) in [5, 5.41) is 10.5. The largest absolute Gasteiger partial charge is 0.508 e. The fraction of sp³-hybridized carbons (Fsp3) is 0.500. The normalized spacial score (nSPS) is 25.0. The van der Waals surface area contributed by atoms with E-state index < -0.39 is 6.10 Å². The van der Waals surface area contributed by atoms with Crippen LogP contribution in [0.25, 0.3) is 11.0 Å². The minimum Gasteiger partial charge on any atom is -0.508 e. The number of rotatable bonds is 4. The van der Waals surface area contributed by atoms with E-state index in [0.717, 1.165) is 50.5 Å². The van der Waals surface area contributed by atoms with E-state index in [2.05, 4.69) is 18.2 Å². The second-order valence-electron chi connectivity index (χ2n) is 9.00. The van der Waals surface area contributed by atoms with Crippen LogP contribution in [0.1, 0.15) is 74.7 Å². The first kappa shape index (κ1) is 20.5. The first-order valence-electron chi connectivity index (χ1n) is 11.6. The van der Waals surface area contributed by atoms with Gasteiger partial charge >= 0.3 is 0 Å². The van der Waals surface area contributed by atoms with Gasteiger partial charge in [0.2, 0.25) is 0 Å². The molecule has 2 unspecified atom stereocenters. The zero-order valence-corrected chi connectivity index (χ0v) is 17.8. The molecule has 1 saturated carbocycles. The number of phenolic OH excluding ortho intramolecular Hbond substituents is 1. The Morgan fingerprint density at radius 2 is 1.97 bits per heavy atom. The van der Waals surface area contributed by atoms with Gasteiger partial charge in [0, 0.05) is 11.6 Å². The Hall–Kier alpha value is -2.37. The summed E-state index contributed by atoms with van der Waals surface area (Å²) in [5.41, 5.74) is 2.54. The summed E-state index contributed by atoms with van der Waals surface area (Å²) in [5.74, 6) is 0.869. The summed E-state index contributed by atoms with van der Waals surface area (Å²) in [6.45, 7) is 0.928. The summed E-state index contributed by atoms with van der Waals surface area (Å²) in [6.07, 6.45) is 14.4. The molecule has 1 saturated heterocycles. The Labute approximate surface area is 182 Å². The number of hydrogen-bond acceptors (Lipinski definition) is 5. The molecule has 2 aromatic rings. The van der Waals surface area contributed by atoms with Gasteiger partial charge in [0.15, 0.2) is 5.43 Å². The van der Waals surface area contributed by atoms with E-state index in [1.807, 2.05) is 0 Å². The average Bonchev–Trinajstić information content (AvgIpc) is 2.80. The van der Waals surface area contributed by atoms with Crippen molar-refractivity contribution >= 4 is 11.0 Å². The summed E-state index contributed by atoms with van der Waals surface area (Å²) in [6, 6.07) is 4.73. The highest BCUT2D eigenvalue weighted by molar-refractivity contribution is 5.79. The predicted molar refractivity (Wildman–Crippen MR) is 119 cm³/mol. The van der Waals surface area contributed by atoms with Crippen LogP contribution in [0.5, 0.6) is 5.75 Å². The average molecular weight is 423 g/mol. The van der Waals surface area contributed by atoms with Crippen LogP contribution in [-0.2, 0) is 9.47 Å². The number of fused-ring (bicyclic) bond motifs is 1. The van der Waals surface area contributed by atoms with Crippen LogP contribution in [0.3, 0.4) is 0 Å². The van der Waals surface area contributed by atoms with Gasteiger partial charge in [-0.1, -0.05) is 43.1 Å². The standard InChI is InChI=1S/C26H30O5/c27-19-11-12-21-22(14-19)31-26(24(25(21)28)18-9-5-2-6-10-18)23-16-29-15-20(30-23)13-17-7-3-1-4-8-17/h1,3,7,11-12,14,18,20,23,27H,2,4-6,8-10,13,15-16H2. The molecule has 31 heavy (non-hydrogen) atoms. The molecule has 1 aromatic heterocycles. The van der Waals surface area contributed by atoms with Crippen LogP contribution in [0, 0.1) is 0 Å². The van der Waals surface area contributed by atoms with E-state index in [1.54, 1.807) is 12.1 Å². The second kappa shape index (κ2) is 9.01. The van der Waals surface area contributed by atoms with E-state index in [-0.39, 0.29) is 23.2 Å². The van der Waals surface area contributed by atoms with Gasteiger partial charge in [-0.25, -0.2) is 0 Å². The van der Waals surface area contributed by atoms with Crippen molar-refractivity contribution in [2.75, 3.05) is 13.2 Å². The third-order valence-corrected chi connectivity index (χ3v) is 6.77. The Kier molecular flexibility index (Phi) is 5.97. The highest BCUT2D eigenvalue weighted by Gasteiger charge is 2.33. The molecule has 164 valence electrons. The van der Waals surface area contributed by atoms with E-state index >= 15 is 0 Å². The monoisotopic (exact) mass is 422 g/mol. The smallest absolute Gasteiger partial charge is 0.196 e. The Morgan fingerprint density at radius 1 is 1.10 bits per heavy atom. The van der Waals surface area contributed by atoms with Gasteiger partial charge in [-0.2, -0.15) is 0 Å². The molecule has 1 aromatic carbocycles. The summed E-state index contributed by atoms with van der Waals surface area (Å²) < 4.78 is 18.7. The Balaban J connectivity index is 1.51. The van der Waals surface area contributed by atoms with Crippen LogP contribution in [0.4, 0.5) is 0 Å². The summed E-state index contributed by atoms with van der Waals surface area (Å²) in [4.78, 5) is 13.5. The Bertz CT molecular complexity index is 1060. The molecule has 3 aliphatic rings. The number of phenols is 1. The molecule has 5 heteroatoms. The van der Waals surface area contributed by atoms with Crippen molar-refractivity contribution < 1.29 is 19.0 Å². The lowest BCUT2D eigenvalue weighted by Gasteiger charge is -2.32. The zero-order chi connectivity index (χ0) is 21.2. The SMILES string of the molecule is O=c1c(C2CCCCC2)c(C2COCC(CC3=CC=CCC3)O2)oc2cc(O)ccc12. The maximum atomic E-state index is 13.5. The number of aromatic hydroxyl groups is 1.